The van der Waals surface area contributed by atoms with Crippen LogP contribution in [-0.4, -0.2) is 27.0 Å². The highest BCUT2D eigenvalue weighted by atomic mass is 35.5. The molecule has 0 aliphatic rings. The fourth-order valence-electron chi connectivity index (χ4n) is 3.61. The van der Waals surface area contributed by atoms with Gasteiger partial charge in [0.2, 0.25) is 0 Å². The lowest BCUT2D eigenvalue weighted by atomic mass is 10.0. The van der Waals surface area contributed by atoms with Gasteiger partial charge in [0, 0.05) is 28.4 Å². The van der Waals surface area contributed by atoms with Crippen molar-refractivity contribution in [3.63, 3.8) is 0 Å². The van der Waals surface area contributed by atoms with Crippen molar-refractivity contribution in [1.82, 2.24) is 25.3 Å². The van der Waals surface area contributed by atoms with Gasteiger partial charge in [0.25, 0.3) is 0 Å². The molecule has 5 aromatic rings. The lowest BCUT2D eigenvalue weighted by Gasteiger charge is -2.12. The van der Waals surface area contributed by atoms with Crippen LogP contribution in [0.1, 0.15) is 5.56 Å². The van der Waals surface area contributed by atoms with Gasteiger partial charge in [-0.25, -0.2) is 19.9 Å². The molecule has 2 aromatic heterocycles. The van der Waals surface area contributed by atoms with E-state index in [1.165, 1.54) is 0 Å². The molecule has 152 valence electrons. The van der Waals surface area contributed by atoms with Gasteiger partial charge in [-0.3, -0.25) is 0 Å². The molecule has 5 nitrogen and oxygen atoms in total. The molecular formula is C24H17Cl2N5. The largest absolute Gasteiger partial charge is 0.316 e. The van der Waals surface area contributed by atoms with Crippen LogP contribution in [0.15, 0.2) is 66.7 Å². The molecule has 1 N–H and O–H groups in total. The number of rotatable bonds is 4. The van der Waals surface area contributed by atoms with Gasteiger partial charge in [-0.05, 0) is 42.9 Å². The molecule has 2 heterocycles. The van der Waals surface area contributed by atoms with Crippen LogP contribution in [-0.2, 0) is 6.54 Å². The molecule has 5 rings (SSSR count). The third-order valence-electron chi connectivity index (χ3n) is 5.09. The number of hydrogen-bond donors (Lipinski definition) is 1. The highest BCUT2D eigenvalue weighted by Gasteiger charge is 2.14. The van der Waals surface area contributed by atoms with Crippen molar-refractivity contribution in [2.45, 2.75) is 6.54 Å². The number of aromatic nitrogens is 4. The lowest BCUT2D eigenvalue weighted by molar-refractivity contribution is 0.818. The number of fused-ring (bicyclic) bond motifs is 2. The van der Waals surface area contributed by atoms with E-state index in [1.54, 1.807) is 0 Å². The summed E-state index contributed by atoms with van der Waals surface area (Å²) in [5.41, 5.74) is 4.40. The van der Waals surface area contributed by atoms with Crippen LogP contribution in [0.25, 0.3) is 44.6 Å². The molecule has 0 saturated heterocycles. The first-order chi connectivity index (χ1) is 15.1. The Labute approximate surface area is 189 Å². The normalized spacial score (nSPS) is 11.3. The zero-order valence-electron chi connectivity index (χ0n) is 16.6. The minimum Gasteiger partial charge on any atom is -0.316 e. The van der Waals surface area contributed by atoms with E-state index in [2.05, 4.69) is 15.3 Å². The molecular weight excluding hydrogens is 429 g/mol. The molecule has 3 aromatic carbocycles. The average molecular weight is 446 g/mol. The van der Waals surface area contributed by atoms with Crippen LogP contribution in [0.5, 0.6) is 0 Å². The third-order valence-corrected chi connectivity index (χ3v) is 5.66. The summed E-state index contributed by atoms with van der Waals surface area (Å²) in [5.74, 6) is 1.16. The second-order valence-electron chi connectivity index (χ2n) is 7.11. The van der Waals surface area contributed by atoms with Crippen LogP contribution in [0.3, 0.4) is 0 Å². The molecule has 0 aliphatic carbocycles. The smallest absolute Gasteiger partial charge is 0.161 e. The fraction of sp³-hybridized carbons (Fsp3) is 0.0833. The Morgan fingerprint density at radius 1 is 0.710 bits per heavy atom. The minimum atomic E-state index is 0.435. The minimum absolute atomic E-state index is 0.435. The molecule has 0 spiro atoms. The van der Waals surface area contributed by atoms with Crippen molar-refractivity contribution in [2.75, 3.05) is 7.05 Å². The summed E-state index contributed by atoms with van der Waals surface area (Å²) in [6, 6.07) is 21.4. The van der Waals surface area contributed by atoms with Crippen molar-refractivity contribution in [3.8, 4) is 22.8 Å². The Bertz CT molecular complexity index is 1430. The molecule has 0 aliphatic heterocycles. The Morgan fingerprint density at radius 2 is 1.29 bits per heavy atom. The predicted molar refractivity (Wildman–Crippen MR) is 126 cm³/mol. The first kappa shape index (κ1) is 19.8. The van der Waals surface area contributed by atoms with E-state index < -0.39 is 0 Å². The van der Waals surface area contributed by atoms with Crippen molar-refractivity contribution in [2.24, 2.45) is 0 Å². The van der Waals surface area contributed by atoms with E-state index in [4.69, 9.17) is 33.2 Å². The third kappa shape index (κ3) is 3.72. The zero-order chi connectivity index (χ0) is 21.4. The van der Waals surface area contributed by atoms with Crippen LogP contribution in [0.4, 0.5) is 0 Å². The van der Waals surface area contributed by atoms with Crippen LogP contribution >= 0.6 is 23.2 Å². The lowest BCUT2D eigenvalue weighted by Crippen LogP contribution is -2.08. The summed E-state index contributed by atoms with van der Waals surface area (Å²) in [7, 11) is 1.90. The van der Waals surface area contributed by atoms with Crippen molar-refractivity contribution in [1.29, 1.82) is 0 Å². The van der Waals surface area contributed by atoms with E-state index in [1.807, 2.05) is 73.8 Å². The van der Waals surface area contributed by atoms with Gasteiger partial charge in [0.1, 0.15) is 10.3 Å². The fourth-order valence-corrected chi connectivity index (χ4v) is 4.09. The first-order valence-corrected chi connectivity index (χ1v) is 10.5. The maximum Gasteiger partial charge on any atom is 0.161 e. The van der Waals surface area contributed by atoms with Gasteiger partial charge in [-0.1, -0.05) is 59.6 Å². The van der Waals surface area contributed by atoms with E-state index >= 15 is 0 Å². The summed E-state index contributed by atoms with van der Waals surface area (Å²) in [6.07, 6.45) is 0. The Morgan fingerprint density at radius 3 is 1.94 bits per heavy atom. The first-order valence-electron chi connectivity index (χ1n) is 9.77. The highest BCUT2D eigenvalue weighted by Crippen LogP contribution is 2.31. The summed E-state index contributed by atoms with van der Waals surface area (Å²) in [4.78, 5) is 18.5. The maximum absolute atomic E-state index is 6.44. The molecule has 0 bridgehead atoms. The van der Waals surface area contributed by atoms with Crippen molar-refractivity contribution >= 4 is 45.0 Å². The predicted octanol–water partition coefficient (Wildman–Crippen LogP) is 5.93. The SMILES string of the molecule is CNCc1cc(-c2nc(Cl)c3ccccc3n2)ccc1-c1nc(Cl)c2ccccc2n1. The van der Waals surface area contributed by atoms with E-state index in [-0.39, 0.29) is 0 Å². The molecule has 31 heavy (non-hydrogen) atoms. The molecule has 7 heteroatoms. The van der Waals surface area contributed by atoms with Crippen molar-refractivity contribution in [3.05, 3.63) is 82.6 Å². The Kier molecular flexibility index (Phi) is 5.24. The average Bonchev–Trinajstić information content (AvgIpc) is 2.79. The van der Waals surface area contributed by atoms with E-state index in [0.717, 1.165) is 38.5 Å². The molecule has 0 atom stereocenters. The number of nitrogens with one attached hydrogen (secondary N) is 1. The zero-order valence-corrected chi connectivity index (χ0v) is 18.1. The Hall–Kier alpha value is -3.12. The summed E-state index contributed by atoms with van der Waals surface area (Å²) < 4.78 is 0. The van der Waals surface area contributed by atoms with E-state index in [0.29, 0.717) is 28.5 Å². The molecule has 0 radical (unpaired) electrons. The van der Waals surface area contributed by atoms with E-state index in [9.17, 15) is 0 Å². The number of halogens is 2. The summed E-state index contributed by atoms with van der Waals surface area (Å²) in [6.45, 7) is 0.623. The second-order valence-corrected chi connectivity index (χ2v) is 7.83. The quantitative estimate of drug-likeness (QED) is 0.347. The molecule has 0 saturated carbocycles. The second kappa shape index (κ2) is 8.19. The van der Waals surface area contributed by atoms with Gasteiger partial charge in [0.15, 0.2) is 11.6 Å². The molecule has 0 unspecified atom stereocenters. The number of hydrogen-bond acceptors (Lipinski definition) is 5. The monoisotopic (exact) mass is 445 g/mol. The van der Waals surface area contributed by atoms with Gasteiger partial charge in [-0.2, -0.15) is 0 Å². The van der Waals surface area contributed by atoms with Crippen molar-refractivity contribution < 1.29 is 0 Å². The Balaban J connectivity index is 1.65. The van der Waals surface area contributed by atoms with Gasteiger partial charge in [-0.15, -0.1) is 0 Å². The van der Waals surface area contributed by atoms with Crippen LogP contribution in [0, 0.1) is 0 Å². The number of para-hydroxylation sites is 2. The standard InChI is InChI=1S/C24H17Cl2N5/c1-27-13-15-12-14(23-28-19-8-4-2-6-17(19)21(25)30-23)10-11-16(15)24-29-20-9-5-3-7-18(20)22(26)31-24/h2-12,27H,13H2,1H3. The summed E-state index contributed by atoms with van der Waals surface area (Å²) >= 11 is 12.9. The highest BCUT2D eigenvalue weighted by molar-refractivity contribution is 6.34. The maximum atomic E-state index is 6.44. The van der Waals surface area contributed by atoms with Gasteiger partial charge in [0.05, 0.1) is 11.0 Å². The topological polar surface area (TPSA) is 63.6 Å². The summed E-state index contributed by atoms with van der Waals surface area (Å²) in [5, 5.41) is 5.74. The van der Waals surface area contributed by atoms with Gasteiger partial charge < -0.3 is 5.32 Å². The number of benzene rings is 3. The van der Waals surface area contributed by atoms with Crippen LogP contribution < -0.4 is 5.32 Å². The van der Waals surface area contributed by atoms with Gasteiger partial charge >= 0.3 is 0 Å². The van der Waals surface area contributed by atoms with Crippen LogP contribution in [0.2, 0.25) is 10.3 Å². The molecule has 0 amide bonds. The number of nitrogens with zero attached hydrogens (tertiary/aromatic N) is 4. The molecule has 0 fully saturated rings.